The highest BCUT2D eigenvalue weighted by molar-refractivity contribution is 4.84. The van der Waals surface area contributed by atoms with Gasteiger partial charge in [0.2, 0.25) is 0 Å². The molecule has 0 aliphatic heterocycles. The highest BCUT2D eigenvalue weighted by Crippen LogP contribution is 2.38. The highest BCUT2D eigenvalue weighted by Gasteiger charge is 2.63. The molecule has 0 radical (unpaired) electrons. The molecule has 110 valence electrons. The van der Waals surface area contributed by atoms with Crippen molar-refractivity contribution >= 4 is 0 Å². The summed E-state index contributed by atoms with van der Waals surface area (Å²) < 4.78 is 61.2. The number of nitrogens with zero attached hydrogens (tertiary/aromatic N) is 1. The zero-order chi connectivity index (χ0) is 14.6. The van der Waals surface area contributed by atoms with E-state index in [0.29, 0.717) is 0 Å². The quantitative estimate of drug-likeness (QED) is 0.454. The Labute approximate surface area is 101 Å². The van der Waals surface area contributed by atoms with Crippen LogP contribution in [0.15, 0.2) is 0 Å². The van der Waals surface area contributed by atoms with Crippen LogP contribution >= 0.6 is 0 Å². The lowest BCUT2D eigenvalue weighted by molar-refractivity contribution is -0.914. The third-order valence-electron chi connectivity index (χ3n) is 2.69. The van der Waals surface area contributed by atoms with Crippen LogP contribution in [0.3, 0.4) is 0 Å². The number of aliphatic hydroxyl groups is 3. The molecule has 0 heterocycles. The monoisotopic (exact) mass is 282 g/mol. The fourth-order valence-electron chi connectivity index (χ4n) is 1.50. The van der Waals surface area contributed by atoms with Crippen LogP contribution in [0.2, 0.25) is 0 Å². The van der Waals surface area contributed by atoms with Crippen molar-refractivity contribution in [1.29, 1.82) is 0 Å². The zero-order valence-corrected chi connectivity index (χ0v) is 9.79. The lowest BCUT2D eigenvalue weighted by Crippen LogP contribution is -2.59. The molecule has 18 heavy (non-hydrogen) atoms. The summed E-state index contributed by atoms with van der Waals surface area (Å²) in [6.07, 6.45) is -8.77. The highest BCUT2D eigenvalue weighted by atomic mass is 19.4. The van der Waals surface area contributed by atoms with Crippen molar-refractivity contribution in [2.75, 3.05) is 39.9 Å². The van der Waals surface area contributed by atoms with Crippen LogP contribution in [0.1, 0.15) is 0 Å². The Hall–Kier alpha value is -0.510. The Morgan fingerprint density at radius 3 is 1.67 bits per heavy atom. The molecule has 0 spiro atoms. The maximum absolute atomic E-state index is 12.8. The normalized spacial score (nSPS) is 15.8. The van der Waals surface area contributed by atoms with Gasteiger partial charge in [-0.25, -0.2) is 0 Å². The van der Waals surface area contributed by atoms with Gasteiger partial charge in [-0.3, -0.25) is 0 Å². The van der Waals surface area contributed by atoms with E-state index in [9.17, 15) is 22.0 Å². The molecule has 0 aromatic rings. The van der Waals surface area contributed by atoms with Crippen molar-refractivity contribution in [3.05, 3.63) is 0 Å². The van der Waals surface area contributed by atoms with Gasteiger partial charge in [-0.05, 0) is 0 Å². The van der Waals surface area contributed by atoms with Crippen molar-refractivity contribution in [2.45, 2.75) is 18.2 Å². The summed E-state index contributed by atoms with van der Waals surface area (Å²) in [5.74, 6) is -5.22. The molecule has 0 aliphatic carbocycles. The van der Waals surface area contributed by atoms with E-state index in [1.165, 1.54) is 7.05 Å². The SMILES string of the molecule is C[N+](CCO)(CCO)CC(O)C(F)(F)C(F)(F)F. The number of halogens is 5. The Morgan fingerprint density at radius 2 is 1.39 bits per heavy atom. The average molecular weight is 282 g/mol. The lowest BCUT2D eigenvalue weighted by atomic mass is 10.1. The molecule has 4 nitrogen and oxygen atoms in total. The van der Waals surface area contributed by atoms with Gasteiger partial charge >= 0.3 is 12.1 Å². The van der Waals surface area contributed by atoms with Gasteiger partial charge in [-0.2, -0.15) is 22.0 Å². The van der Waals surface area contributed by atoms with E-state index >= 15 is 0 Å². The lowest BCUT2D eigenvalue weighted by Gasteiger charge is -2.37. The summed E-state index contributed by atoms with van der Waals surface area (Å²) in [4.78, 5) is 0. The van der Waals surface area contributed by atoms with Crippen molar-refractivity contribution in [1.82, 2.24) is 0 Å². The molecular weight excluding hydrogens is 265 g/mol. The summed E-state index contributed by atoms with van der Waals surface area (Å²) in [5, 5.41) is 26.5. The van der Waals surface area contributed by atoms with E-state index in [0.717, 1.165) is 0 Å². The summed E-state index contributed by atoms with van der Waals surface area (Å²) in [6.45, 7) is -2.13. The molecule has 0 saturated carbocycles. The average Bonchev–Trinajstić information content (AvgIpc) is 2.15. The minimum Gasteiger partial charge on any atom is -0.391 e. The van der Waals surface area contributed by atoms with E-state index in [-0.39, 0.29) is 13.1 Å². The second-order valence-electron chi connectivity index (χ2n) is 4.33. The summed E-state index contributed by atoms with van der Waals surface area (Å²) in [5.41, 5.74) is 0. The number of hydrogen-bond donors (Lipinski definition) is 3. The molecule has 0 amide bonds. The van der Waals surface area contributed by atoms with E-state index in [1.807, 2.05) is 0 Å². The number of alkyl halides is 5. The second kappa shape index (κ2) is 6.09. The molecule has 9 heteroatoms. The molecular formula is C9H17F5NO3+. The molecule has 0 rings (SSSR count). The van der Waals surface area contributed by atoms with Gasteiger partial charge in [-0.1, -0.05) is 0 Å². The van der Waals surface area contributed by atoms with Gasteiger partial charge in [0.1, 0.15) is 19.6 Å². The zero-order valence-electron chi connectivity index (χ0n) is 9.79. The first-order valence-corrected chi connectivity index (χ1v) is 5.18. The maximum Gasteiger partial charge on any atom is 0.456 e. The third-order valence-corrected chi connectivity index (χ3v) is 2.69. The molecule has 1 unspecified atom stereocenters. The number of rotatable bonds is 7. The Kier molecular flexibility index (Phi) is 5.92. The third kappa shape index (κ3) is 4.30. The minimum atomic E-state index is -5.84. The Bertz CT molecular complexity index is 253. The number of hydrogen-bond acceptors (Lipinski definition) is 3. The largest absolute Gasteiger partial charge is 0.456 e. The number of likely N-dealkylation sites (N-methyl/N-ethyl adjacent to an activating group) is 1. The molecule has 0 aromatic carbocycles. The predicted molar refractivity (Wildman–Crippen MR) is 52.0 cm³/mol. The van der Waals surface area contributed by atoms with Gasteiger partial charge in [-0.15, -0.1) is 0 Å². The van der Waals surface area contributed by atoms with Crippen LogP contribution in [0.25, 0.3) is 0 Å². The minimum absolute atomic E-state index is 0.147. The molecule has 0 aliphatic rings. The number of quaternary nitrogens is 1. The van der Waals surface area contributed by atoms with Crippen LogP contribution in [-0.2, 0) is 0 Å². The molecule has 0 fully saturated rings. The Morgan fingerprint density at radius 1 is 1.00 bits per heavy atom. The first-order chi connectivity index (χ1) is 8.00. The van der Waals surface area contributed by atoms with E-state index in [1.54, 1.807) is 0 Å². The van der Waals surface area contributed by atoms with E-state index in [2.05, 4.69) is 0 Å². The van der Waals surface area contributed by atoms with Gasteiger partial charge in [0.05, 0.1) is 20.3 Å². The summed E-state index contributed by atoms with van der Waals surface area (Å²) >= 11 is 0. The van der Waals surface area contributed by atoms with Crippen LogP contribution < -0.4 is 0 Å². The van der Waals surface area contributed by atoms with E-state index < -0.39 is 42.4 Å². The van der Waals surface area contributed by atoms with Gasteiger partial charge in [0, 0.05) is 0 Å². The fraction of sp³-hybridized carbons (Fsp3) is 1.00. The Balaban J connectivity index is 4.84. The van der Waals surface area contributed by atoms with Crippen LogP contribution in [0.5, 0.6) is 0 Å². The van der Waals surface area contributed by atoms with Gasteiger partial charge in [0.25, 0.3) is 0 Å². The standard InChI is InChI=1S/C9H17F5NO3/c1-15(2-4-16,3-5-17)6-7(18)8(10,11)9(12,13)14/h7,16-18H,2-6H2,1H3/q+1. The first-order valence-electron chi connectivity index (χ1n) is 5.18. The van der Waals surface area contributed by atoms with Crippen LogP contribution in [-0.4, -0.2) is 77.9 Å². The van der Waals surface area contributed by atoms with Crippen molar-refractivity contribution in [3.8, 4) is 0 Å². The topological polar surface area (TPSA) is 60.7 Å². The van der Waals surface area contributed by atoms with Gasteiger partial charge < -0.3 is 19.8 Å². The molecule has 3 N–H and O–H groups in total. The maximum atomic E-state index is 12.8. The molecule has 0 aromatic heterocycles. The summed E-state index contributed by atoms with van der Waals surface area (Å²) in [7, 11) is 1.27. The van der Waals surface area contributed by atoms with E-state index in [4.69, 9.17) is 15.3 Å². The number of aliphatic hydroxyl groups excluding tert-OH is 3. The molecule has 0 saturated heterocycles. The predicted octanol–water partition coefficient (Wildman–Crippen LogP) is -0.0239. The van der Waals surface area contributed by atoms with Gasteiger partial charge in [0.15, 0.2) is 6.10 Å². The van der Waals surface area contributed by atoms with Crippen molar-refractivity contribution in [3.63, 3.8) is 0 Å². The van der Waals surface area contributed by atoms with Crippen molar-refractivity contribution in [2.24, 2.45) is 0 Å². The first kappa shape index (κ1) is 17.5. The second-order valence-corrected chi connectivity index (χ2v) is 4.33. The fourth-order valence-corrected chi connectivity index (χ4v) is 1.50. The van der Waals surface area contributed by atoms with Crippen molar-refractivity contribution < 1.29 is 41.8 Å². The van der Waals surface area contributed by atoms with Crippen LogP contribution in [0.4, 0.5) is 22.0 Å². The van der Waals surface area contributed by atoms with Crippen LogP contribution in [0, 0.1) is 0 Å². The summed E-state index contributed by atoms with van der Waals surface area (Å²) in [6, 6.07) is 0. The molecule has 0 bridgehead atoms. The smallest absolute Gasteiger partial charge is 0.391 e. The molecule has 1 atom stereocenters.